The Hall–Kier alpha value is -4.11. The number of rotatable bonds is 16. The molecule has 212 valence electrons. The molecule has 14 nitrogen and oxygen atoms in total. The van der Waals surface area contributed by atoms with Crippen molar-refractivity contribution < 1.29 is 44.1 Å². The number of benzene rings is 1. The fourth-order valence-corrected chi connectivity index (χ4v) is 4.18. The molecule has 2 rings (SSSR count). The summed E-state index contributed by atoms with van der Waals surface area (Å²) in [5, 5.41) is 35.3. The van der Waals surface area contributed by atoms with E-state index in [1.807, 2.05) is 0 Å². The third-order valence-corrected chi connectivity index (χ3v) is 6.34. The zero-order valence-corrected chi connectivity index (χ0v) is 21.8. The summed E-state index contributed by atoms with van der Waals surface area (Å²) in [6.45, 7) is 0. The SMILES string of the molecule is CSCCC(NC(=O)C(Cc1c[nH]c2ccccc12)NC(=O)C(CC(=O)O)NC(=O)C(N)CC(=O)O)C(=O)O. The summed E-state index contributed by atoms with van der Waals surface area (Å²) in [5.74, 6) is -6.60. The van der Waals surface area contributed by atoms with Gasteiger partial charge in [-0.05, 0) is 30.1 Å². The number of aromatic amines is 1. The number of fused-ring (bicyclic) bond motifs is 1. The molecule has 1 heterocycles. The van der Waals surface area contributed by atoms with E-state index in [4.69, 9.17) is 10.8 Å². The third kappa shape index (κ3) is 9.61. The average Bonchev–Trinajstić information content (AvgIpc) is 3.27. The first-order valence-electron chi connectivity index (χ1n) is 11.8. The summed E-state index contributed by atoms with van der Waals surface area (Å²) in [4.78, 5) is 75.6. The summed E-state index contributed by atoms with van der Waals surface area (Å²) in [6.07, 6.45) is 1.79. The van der Waals surface area contributed by atoms with E-state index in [2.05, 4.69) is 20.9 Å². The molecule has 4 unspecified atom stereocenters. The molecule has 0 bridgehead atoms. The lowest BCUT2D eigenvalue weighted by atomic mass is 10.0. The Balaban J connectivity index is 2.32. The van der Waals surface area contributed by atoms with Crippen molar-refractivity contribution in [2.75, 3.05) is 12.0 Å². The van der Waals surface area contributed by atoms with Crippen LogP contribution in [0.15, 0.2) is 30.5 Å². The number of H-pyrrole nitrogens is 1. The van der Waals surface area contributed by atoms with Crippen LogP contribution in [0.25, 0.3) is 10.9 Å². The Morgan fingerprint density at radius 2 is 1.46 bits per heavy atom. The third-order valence-electron chi connectivity index (χ3n) is 5.70. The van der Waals surface area contributed by atoms with Crippen molar-refractivity contribution in [2.45, 2.75) is 49.9 Å². The molecular formula is C24H31N5O9S. The smallest absolute Gasteiger partial charge is 0.326 e. The molecule has 0 aliphatic heterocycles. The summed E-state index contributed by atoms with van der Waals surface area (Å²) < 4.78 is 0. The van der Waals surface area contributed by atoms with Gasteiger partial charge in [0, 0.05) is 23.5 Å². The van der Waals surface area contributed by atoms with Crippen LogP contribution in [0.5, 0.6) is 0 Å². The molecule has 15 heteroatoms. The zero-order chi connectivity index (χ0) is 29.1. The number of hydrogen-bond acceptors (Lipinski definition) is 8. The Labute approximate surface area is 227 Å². The van der Waals surface area contributed by atoms with E-state index in [1.54, 1.807) is 36.7 Å². The van der Waals surface area contributed by atoms with Crippen molar-refractivity contribution in [2.24, 2.45) is 5.73 Å². The summed E-state index contributed by atoms with van der Waals surface area (Å²) in [5.41, 5.74) is 6.89. The van der Waals surface area contributed by atoms with Gasteiger partial charge in [-0.15, -0.1) is 0 Å². The number of carboxylic acids is 3. The Bertz CT molecular complexity index is 1220. The molecule has 1 aromatic carbocycles. The van der Waals surface area contributed by atoms with Gasteiger partial charge in [-0.2, -0.15) is 11.8 Å². The van der Waals surface area contributed by atoms with Crippen molar-refractivity contribution in [3.05, 3.63) is 36.0 Å². The number of carbonyl (C=O) groups is 6. The second-order valence-corrected chi connectivity index (χ2v) is 9.65. The molecule has 0 saturated heterocycles. The van der Waals surface area contributed by atoms with Crippen molar-refractivity contribution in [3.8, 4) is 0 Å². The van der Waals surface area contributed by atoms with Crippen molar-refractivity contribution in [3.63, 3.8) is 0 Å². The molecule has 0 fully saturated rings. The number of aliphatic carboxylic acids is 3. The van der Waals surface area contributed by atoms with Crippen LogP contribution < -0.4 is 21.7 Å². The van der Waals surface area contributed by atoms with Gasteiger partial charge in [-0.25, -0.2) is 4.79 Å². The average molecular weight is 566 g/mol. The van der Waals surface area contributed by atoms with Crippen molar-refractivity contribution in [1.29, 1.82) is 0 Å². The molecule has 0 saturated carbocycles. The normalized spacial score (nSPS) is 14.0. The first kappa shape index (κ1) is 31.1. The number of nitrogens with one attached hydrogen (secondary N) is 4. The van der Waals surface area contributed by atoms with Crippen LogP contribution in [0.1, 0.15) is 24.8 Å². The molecule has 1 aromatic heterocycles. The standard InChI is InChI=1S/C24H31N5O9S/c1-39-7-6-16(24(37)38)27-22(35)17(8-12-11-26-15-5-3-2-4-13(12)15)29-23(36)18(10-20(32)33)28-21(34)14(25)9-19(30)31/h2-5,11,14,16-18,26H,6-10,25H2,1H3,(H,27,35)(H,28,34)(H,29,36)(H,30,31)(H,32,33)(H,37,38). The number of carbonyl (C=O) groups excluding carboxylic acids is 3. The minimum atomic E-state index is -1.69. The van der Waals surface area contributed by atoms with E-state index >= 15 is 0 Å². The fourth-order valence-electron chi connectivity index (χ4n) is 3.71. The number of aromatic nitrogens is 1. The predicted octanol–water partition coefficient (Wildman–Crippen LogP) is -0.721. The maximum atomic E-state index is 13.2. The van der Waals surface area contributed by atoms with Gasteiger partial charge in [-0.3, -0.25) is 24.0 Å². The van der Waals surface area contributed by atoms with Gasteiger partial charge in [0.25, 0.3) is 0 Å². The molecule has 0 aliphatic rings. The van der Waals surface area contributed by atoms with E-state index in [0.29, 0.717) is 11.3 Å². The lowest BCUT2D eigenvalue weighted by molar-refractivity contribution is -0.143. The highest BCUT2D eigenvalue weighted by Gasteiger charge is 2.32. The van der Waals surface area contributed by atoms with E-state index < -0.39 is 72.6 Å². The van der Waals surface area contributed by atoms with Crippen LogP contribution in [0.3, 0.4) is 0 Å². The van der Waals surface area contributed by atoms with E-state index in [0.717, 1.165) is 10.9 Å². The van der Waals surface area contributed by atoms with Gasteiger partial charge >= 0.3 is 17.9 Å². The summed E-state index contributed by atoms with van der Waals surface area (Å²) >= 11 is 1.39. The Kier molecular flexibility index (Phi) is 11.7. The number of carboxylic acid groups (broad SMARTS) is 3. The lowest BCUT2D eigenvalue weighted by Gasteiger charge is -2.24. The zero-order valence-electron chi connectivity index (χ0n) is 21.0. The molecule has 39 heavy (non-hydrogen) atoms. The fraction of sp³-hybridized carbons (Fsp3) is 0.417. The monoisotopic (exact) mass is 565 g/mol. The molecule has 9 N–H and O–H groups in total. The molecular weight excluding hydrogens is 534 g/mol. The van der Waals surface area contributed by atoms with Crippen LogP contribution in [0.2, 0.25) is 0 Å². The van der Waals surface area contributed by atoms with Crippen LogP contribution in [-0.4, -0.2) is 92.1 Å². The van der Waals surface area contributed by atoms with Gasteiger partial charge in [0.15, 0.2) is 0 Å². The van der Waals surface area contributed by atoms with Crippen molar-refractivity contribution >= 4 is 58.3 Å². The molecule has 0 spiro atoms. The highest BCUT2D eigenvalue weighted by Crippen LogP contribution is 2.19. The molecule has 4 atom stereocenters. The first-order chi connectivity index (χ1) is 18.4. The van der Waals surface area contributed by atoms with Gasteiger partial charge in [0.2, 0.25) is 17.7 Å². The summed E-state index contributed by atoms with van der Waals surface area (Å²) in [7, 11) is 0. The van der Waals surface area contributed by atoms with Gasteiger partial charge < -0.3 is 42.0 Å². The molecule has 0 aliphatic carbocycles. The second kappa shape index (κ2) is 14.7. The minimum Gasteiger partial charge on any atom is -0.481 e. The van der Waals surface area contributed by atoms with E-state index in [-0.39, 0.29) is 12.8 Å². The van der Waals surface area contributed by atoms with E-state index in [9.17, 15) is 39.0 Å². The number of nitrogens with two attached hydrogens (primary N) is 1. The van der Waals surface area contributed by atoms with Crippen LogP contribution in [0, 0.1) is 0 Å². The van der Waals surface area contributed by atoms with Gasteiger partial charge in [-0.1, -0.05) is 18.2 Å². The number of hydrogen-bond donors (Lipinski definition) is 8. The number of amides is 3. The lowest BCUT2D eigenvalue weighted by Crippen LogP contribution is -2.58. The largest absolute Gasteiger partial charge is 0.481 e. The highest BCUT2D eigenvalue weighted by molar-refractivity contribution is 7.98. The molecule has 2 aromatic rings. The van der Waals surface area contributed by atoms with Crippen LogP contribution in [-0.2, 0) is 35.2 Å². The van der Waals surface area contributed by atoms with Gasteiger partial charge in [0.1, 0.15) is 18.1 Å². The maximum absolute atomic E-state index is 13.2. The Morgan fingerprint density at radius 1 is 0.872 bits per heavy atom. The molecule has 0 radical (unpaired) electrons. The number of para-hydroxylation sites is 1. The topological polar surface area (TPSA) is 241 Å². The Morgan fingerprint density at radius 3 is 2.08 bits per heavy atom. The second-order valence-electron chi connectivity index (χ2n) is 8.67. The number of thioether (sulfide) groups is 1. The maximum Gasteiger partial charge on any atom is 0.326 e. The van der Waals surface area contributed by atoms with Crippen LogP contribution >= 0.6 is 11.8 Å². The van der Waals surface area contributed by atoms with Crippen LogP contribution in [0.4, 0.5) is 0 Å². The first-order valence-corrected chi connectivity index (χ1v) is 13.2. The minimum absolute atomic E-state index is 0.0945. The quantitative estimate of drug-likeness (QED) is 0.126. The molecule has 3 amide bonds. The summed E-state index contributed by atoms with van der Waals surface area (Å²) in [6, 6.07) is 1.32. The highest BCUT2D eigenvalue weighted by atomic mass is 32.2. The van der Waals surface area contributed by atoms with Crippen molar-refractivity contribution in [1.82, 2.24) is 20.9 Å². The predicted molar refractivity (Wildman–Crippen MR) is 141 cm³/mol. The van der Waals surface area contributed by atoms with E-state index in [1.165, 1.54) is 11.8 Å². The van der Waals surface area contributed by atoms with Gasteiger partial charge in [0.05, 0.1) is 18.9 Å².